The molecular formula is C17H27N3O2. The number of nitrogens with zero attached hydrogens (tertiary/aromatic N) is 3. The number of ether oxygens (including phenoxy) is 1. The number of carbonyl (C=O) groups excluding carboxylic acids is 1. The monoisotopic (exact) mass is 305 g/mol. The summed E-state index contributed by atoms with van der Waals surface area (Å²) in [6.45, 7) is 4.47. The van der Waals surface area contributed by atoms with Crippen molar-refractivity contribution in [2.75, 3.05) is 20.2 Å². The number of carbonyl (C=O) groups is 1. The van der Waals surface area contributed by atoms with Crippen molar-refractivity contribution in [3.63, 3.8) is 0 Å². The highest BCUT2D eigenvalue weighted by Crippen LogP contribution is 2.46. The number of amides is 1. The molecule has 122 valence electrons. The quantitative estimate of drug-likeness (QED) is 0.858. The van der Waals surface area contributed by atoms with E-state index in [9.17, 15) is 4.79 Å². The minimum Gasteiger partial charge on any atom is -0.381 e. The Balaban J connectivity index is 1.59. The molecule has 1 saturated heterocycles. The van der Waals surface area contributed by atoms with Crippen LogP contribution < -0.4 is 0 Å². The molecule has 0 radical (unpaired) electrons. The fraction of sp³-hybridized carbons (Fsp3) is 0.765. The summed E-state index contributed by atoms with van der Waals surface area (Å²) >= 11 is 0. The summed E-state index contributed by atoms with van der Waals surface area (Å²) in [5, 5.41) is 4.26. The van der Waals surface area contributed by atoms with Gasteiger partial charge in [-0.3, -0.25) is 9.48 Å². The maximum Gasteiger partial charge on any atom is 0.224 e. The molecule has 1 aromatic heterocycles. The molecule has 5 nitrogen and oxygen atoms in total. The average Bonchev–Trinajstić information content (AvgIpc) is 3.11. The summed E-state index contributed by atoms with van der Waals surface area (Å²) in [6.07, 6.45) is 8.54. The lowest BCUT2D eigenvalue weighted by Gasteiger charge is -2.43. The Morgan fingerprint density at radius 1 is 1.45 bits per heavy atom. The van der Waals surface area contributed by atoms with Gasteiger partial charge in [0, 0.05) is 50.5 Å². The van der Waals surface area contributed by atoms with Crippen LogP contribution in [0.1, 0.15) is 44.2 Å². The van der Waals surface area contributed by atoms with E-state index in [1.54, 1.807) is 6.20 Å². The van der Waals surface area contributed by atoms with Crippen molar-refractivity contribution in [3.8, 4) is 0 Å². The van der Waals surface area contributed by atoms with Crippen molar-refractivity contribution < 1.29 is 9.53 Å². The molecule has 1 aromatic rings. The summed E-state index contributed by atoms with van der Waals surface area (Å²) in [5.41, 5.74) is 1.32. The lowest BCUT2D eigenvalue weighted by Crippen LogP contribution is -2.50. The third-order valence-corrected chi connectivity index (χ3v) is 5.54. The van der Waals surface area contributed by atoms with E-state index in [4.69, 9.17) is 4.74 Å². The highest BCUT2D eigenvalue weighted by Gasteiger charge is 2.46. The summed E-state index contributed by atoms with van der Waals surface area (Å²) in [4.78, 5) is 14.7. The molecule has 0 unspecified atom stereocenters. The summed E-state index contributed by atoms with van der Waals surface area (Å²) < 4.78 is 7.62. The second kappa shape index (κ2) is 6.41. The Morgan fingerprint density at radius 2 is 2.27 bits per heavy atom. The molecule has 1 aliphatic carbocycles. The van der Waals surface area contributed by atoms with Gasteiger partial charge in [-0.2, -0.15) is 5.10 Å². The molecule has 0 bridgehead atoms. The second-order valence-corrected chi connectivity index (χ2v) is 6.84. The van der Waals surface area contributed by atoms with Crippen molar-refractivity contribution in [2.24, 2.45) is 5.41 Å². The molecule has 0 N–H and O–H groups in total. The van der Waals surface area contributed by atoms with Crippen LogP contribution in [0.2, 0.25) is 0 Å². The Morgan fingerprint density at radius 3 is 3.00 bits per heavy atom. The number of hydrogen-bond acceptors (Lipinski definition) is 3. The van der Waals surface area contributed by atoms with Gasteiger partial charge in [0.2, 0.25) is 5.91 Å². The first kappa shape index (κ1) is 15.5. The van der Waals surface area contributed by atoms with Crippen molar-refractivity contribution in [3.05, 3.63) is 18.0 Å². The maximum absolute atomic E-state index is 12.6. The van der Waals surface area contributed by atoms with E-state index in [-0.39, 0.29) is 11.3 Å². The van der Waals surface area contributed by atoms with Gasteiger partial charge in [-0.1, -0.05) is 6.42 Å². The van der Waals surface area contributed by atoms with Crippen molar-refractivity contribution in [2.45, 2.75) is 58.1 Å². The predicted molar refractivity (Wildman–Crippen MR) is 84.5 cm³/mol. The topological polar surface area (TPSA) is 47.4 Å². The molecule has 3 rings (SSSR count). The third kappa shape index (κ3) is 2.91. The van der Waals surface area contributed by atoms with Gasteiger partial charge in [0.1, 0.15) is 0 Å². The number of aryl methyl sites for hydroxylation is 2. The molecule has 2 fully saturated rings. The number of likely N-dealkylation sites (tertiary alicyclic amines) is 1. The normalized spacial score (nSPS) is 28.5. The van der Waals surface area contributed by atoms with Crippen LogP contribution in [-0.2, 0) is 16.1 Å². The molecule has 2 heterocycles. The van der Waals surface area contributed by atoms with E-state index in [0.29, 0.717) is 19.1 Å². The van der Waals surface area contributed by atoms with Crippen LogP contribution in [0.15, 0.2) is 12.3 Å². The van der Waals surface area contributed by atoms with Crippen LogP contribution in [0.3, 0.4) is 0 Å². The van der Waals surface area contributed by atoms with E-state index >= 15 is 0 Å². The fourth-order valence-electron chi connectivity index (χ4n) is 4.31. The number of piperidine rings is 1. The van der Waals surface area contributed by atoms with Crippen molar-refractivity contribution in [1.82, 2.24) is 14.7 Å². The fourth-order valence-corrected chi connectivity index (χ4v) is 4.31. The first-order valence-electron chi connectivity index (χ1n) is 8.44. The molecule has 2 atom stereocenters. The number of hydrogen-bond donors (Lipinski definition) is 0. The molecule has 2 aliphatic rings. The number of aromatic nitrogens is 2. The molecule has 1 spiro atoms. The molecule has 22 heavy (non-hydrogen) atoms. The number of methoxy groups -OCH3 is 1. The van der Waals surface area contributed by atoms with Gasteiger partial charge < -0.3 is 9.64 Å². The summed E-state index contributed by atoms with van der Waals surface area (Å²) in [7, 11) is 1.82. The van der Waals surface area contributed by atoms with E-state index in [1.807, 2.05) is 24.8 Å². The summed E-state index contributed by atoms with van der Waals surface area (Å²) in [6, 6.07) is 1.97. The van der Waals surface area contributed by atoms with Gasteiger partial charge in [0.25, 0.3) is 0 Å². The van der Waals surface area contributed by atoms with Crippen LogP contribution in [0, 0.1) is 12.3 Å². The van der Waals surface area contributed by atoms with Crippen LogP contribution in [0.4, 0.5) is 0 Å². The molecule has 1 amide bonds. The van der Waals surface area contributed by atoms with Crippen LogP contribution in [-0.4, -0.2) is 46.9 Å². The predicted octanol–water partition coefficient (Wildman–Crippen LogP) is 2.39. The molecule has 0 aromatic carbocycles. The minimum absolute atomic E-state index is 0.213. The molecular weight excluding hydrogens is 278 g/mol. The van der Waals surface area contributed by atoms with Gasteiger partial charge >= 0.3 is 0 Å². The van der Waals surface area contributed by atoms with Gasteiger partial charge in [0.05, 0.1) is 6.10 Å². The number of rotatable bonds is 4. The Bertz CT molecular complexity index is 528. The largest absolute Gasteiger partial charge is 0.381 e. The van der Waals surface area contributed by atoms with Gasteiger partial charge in [-0.05, 0) is 38.7 Å². The molecule has 1 saturated carbocycles. The maximum atomic E-state index is 12.6. The SMILES string of the molecule is CO[C@@H]1CCC[C@@]12CCCN(C(=O)CCn1nccc1C)C2. The van der Waals surface area contributed by atoms with E-state index < -0.39 is 0 Å². The average molecular weight is 305 g/mol. The van der Waals surface area contributed by atoms with Crippen LogP contribution in [0.25, 0.3) is 0 Å². The Hall–Kier alpha value is -1.36. The summed E-state index contributed by atoms with van der Waals surface area (Å²) in [5.74, 6) is 0.260. The zero-order valence-electron chi connectivity index (χ0n) is 13.8. The molecule has 5 heteroatoms. The van der Waals surface area contributed by atoms with Crippen LogP contribution >= 0.6 is 0 Å². The van der Waals surface area contributed by atoms with Crippen molar-refractivity contribution in [1.29, 1.82) is 0 Å². The first-order valence-corrected chi connectivity index (χ1v) is 8.44. The van der Waals surface area contributed by atoms with Gasteiger partial charge in [0.15, 0.2) is 0 Å². The van der Waals surface area contributed by atoms with E-state index in [2.05, 4.69) is 10.00 Å². The van der Waals surface area contributed by atoms with Crippen molar-refractivity contribution >= 4 is 5.91 Å². The van der Waals surface area contributed by atoms with Gasteiger partial charge in [-0.15, -0.1) is 0 Å². The lowest BCUT2D eigenvalue weighted by molar-refractivity contribution is -0.137. The second-order valence-electron chi connectivity index (χ2n) is 6.84. The third-order valence-electron chi connectivity index (χ3n) is 5.54. The first-order chi connectivity index (χ1) is 10.6. The Kier molecular flexibility index (Phi) is 4.52. The standard InChI is InChI=1S/C17H27N3O2/c1-14-6-10-18-20(14)12-7-16(21)19-11-4-9-17(13-19)8-3-5-15(17)22-2/h6,10,15H,3-5,7-9,11-13H2,1-2H3/t15-,17+/m1/s1. The highest BCUT2D eigenvalue weighted by atomic mass is 16.5. The van der Waals surface area contributed by atoms with E-state index in [1.165, 1.54) is 19.3 Å². The molecule has 1 aliphatic heterocycles. The zero-order chi connectivity index (χ0) is 15.6. The minimum atomic E-state index is 0.213. The van der Waals surface area contributed by atoms with Gasteiger partial charge in [-0.25, -0.2) is 0 Å². The smallest absolute Gasteiger partial charge is 0.224 e. The zero-order valence-corrected chi connectivity index (χ0v) is 13.8. The highest BCUT2D eigenvalue weighted by molar-refractivity contribution is 5.76. The Labute approximate surface area is 132 Å². The lowest BCUT2D eigenvalue weighted by atomic mass is 9.76. The van der Waals surface area contributed by atoms with Crippen LogP contribution in [0.5, 0.6) is 0 Å². The van der Waals surface area contributed by atoms with E-state index in [0.717, 1.165) is 31.6 Å².